The van der Waals surface area contributed by atoms with E-state index in [0.717, 1.165) is 35.0 Å². The van der Waals surface area contributed by atoms with Gasteiger partial charge >= 0.3 is 0 Å². The first-order chi connectivity index (χ1) is 12.7. The lowest BCUT2D eigenvalue weighted by Crippen LogP contribution is -2.00. The van der Waals surface area contributed by atoms with Gasteiger partial charge in [-0.3, -0.25) is 9.97 Å². The van der Waals surface area contributed by atoms with Crippen LogP contribution >= 0.6 is 0 Å². The van der Waals surface area contributed by atoms with Gasteiger partial charge in [-0.2, -0.15) is 0 Å². The molecule has 0 aliphatic carbocycles. The molecule has 3 aromatic rings. The Kier molecular flexibility index (Phi) is 5.43. The van der Waals surface area contributed by atoms with Crippen LogP contribution in [0.1, 0.15) is 22.3 Å². The highest BCUT2D eigenvalue weighted by atomic mass is 14.7. The first-order valence-corrected chi connectivity index (χ1v) is 8.87. The Bertz CT molecular complexity index is 954. The summed E-state index contributed by atoms with van der Waals surface area (Å²) < 4.78 is 0. The van der Waals surface area contributed by atoms with Crippen LogP contribution < -0.4 is 0 Å². The van der Waals surface area contributed by atoms with Gasteiger partial charge in [0.2, 0.25) is 0 Å². The molecule has 0 atom stereocenters. The van der Waals surface area contributed by atoms with Crippen molar-refractivity contribution in [3.05, 3.63) is 96.4 Å². The number of fused-ring (bicyclic) bond motifs is 3. The summed E-state index contributed by atoms with van der Waals surface area (Å²) in [5.41, 5.74) is 6.88. The number of rotatable bonds is 6. The Balaban J connectivity index is 2.40. The molecular formula is C24H24N2. The molecule has 0 aliphatic heterocycles. The van der Waals surface area contributed by atoms with E-state index >= 15 is 0 Å². The van der Waals surface area contributed by atoms with Crippen molar-refractivity contribution in [1.82, 2.24) is 9.97 Å². The van der Waals surface area contributed by atoms with E-state index in [-0.39, 0.29) is 0 Å². The SMILES string of the molecule is C=C/C=C/Cc1c(C/C=C/C=C)c2cc(C)cnc2c2ncc(C)cc12. The molecule has 1 aromatic carbocycles. The summed E-state index contributed by atoms with van der Waals surface area (Å²) in [5, 5.41) is 2.37. The average Bonchev–Trinajstić information content (AvgIpc) is 2.63. The van der Waals surface area contributed by atoms with Crippen LogP contribution in [-0.4, -0.2) is 9.97 Å². The Morgan fingerprint density at radius 3 is 1.58 bits per heavy atom. The van der Waals surface area contributed by atoms with E-state index in [2.05, 4.69) is 51.3 Å². The second-order valence-electron chi connectivity index (χ2n) is 6.51. The van der Waals surface area contributed by atoms with Gasteiger partial charge in [-0.1, -0.05) is 49.6 Å². The predicted octanol–water partition coefficient (Wildman–Crippen LogP) is 5.97. The fourth-order valence-corrected chi connectivity index (χ4v) is 3.33. The third-order valence-corrected chi connectivity index (χ3v) is 4.48. The molecule has 0 unspecified atom stereocenters. The van der Waals surface area contributed by atoms with Gasteiger partial charge in [-0.15, -0.1) is 0 Å². The topological polar surface area (TPSA) is 25.8 Å². The van der Waals surface area contributed by atoms with Crippen LogP contribution in [0.25, 0.3) is 21.8 Å². The lowest BCUT2D eigenvalue weighted by atomic mass is 9.91. The molecule has 0 fully saturated rings. The van der Waals surface area contributed by atoms with Crippen molar-refractivity contribution < 1.29 is 0 Å². The molecule has 0 saturated heterocycles. The van der Waals surface area contributed by atoms with Crippen LogP contribution in [0.2, 0.25) is 0 Å². The molecule has 0 saturated carbocycles. The van der Waals surface area contributed by atoms with E-state index in [9.17, 15) is 0 Å². The van der Waals surface area contributed by atoms with Gasteiger partial charge < -0.3 is 0 Å². The van der Waals surface area contributed by atoms with Gasteiger partial charge in [0.25, 0.3) is 0 Å². The predicted molar refractivity (Wildman–Crippen MR) is 113 cm³/mol. The molecule has 0 bridgehead atoms. The van der Waals surface area contributed by atoms with Crippen molar-refractivity contribution in [2.24, 2.45) is 0 Å². The third-order valence-electron chi connectivity index (χ3n) is 4.48. The summed E-state index contributed by atoms with van der Waals surface area (Å²) in [5.74, 6) is 0. The van der Waals surface area contributed by atoms with E-state index in [0.29, 0.717) is 0 Å². The summed E-state index contributed by atoms with van der Waals surface area (Å²) in [4.78, 5) is 9.45. The minimum absolute atomic E-state index is 0.842. The number of pyridine rings is 2. The lowest BCUT2D eigenvalue weighted by molar-refractivity contribution is 1.17. The molecule has 0 amide bonds. The lowest BCUT2D eigenvalue weighted by Gasteiger charge is -2.15. The molecule has 0 aliphatic rings. The Hall–Kier alpha value is -3.00. The maximum absolute atomic E-state index is 4.72. The number of hydrogen-bond donors (Lipinski definition) is 0. The van der Waals surface area contributed by atoms with Gasteiger partial charge in [0.15, 0.2) is 0 Å². The molecule has 2 nitrogen and oxygen atoms in total. The van der Waals surface area contributed by atoms with Crippen LogP contribution in [0, 0.1) is 13.8 Å². The first kappa shape index (κ1) is 17.8. The molecule has 0 spiro atoms. The molecule has 2 aromatic heterocycles. The molecule has 130 valence electrons. The Morgan fingerprint density at radius 1 is 0.769 bits per heavy atom. The molecular weight excluding hydrogens is 316 g/mol. The maximum Gasteiger partial charge on any atom is 0.0967 e. The van der Waals surface area contributed by atoms with Gasteiger partial charge in [0.1, 0.15) is 0 Å². The number of hydrogen-bond acceptors (Lipinski definition) is 2. The number of allylic oxidation sites excluding steroid dienone is 6. The zero-order chi connectivity index (χ0) is 18.5. The van der Waals surface area contributed by atoms with Crippen molar-refractivity contribution in [2.45, 2.75) is 26.7 Å². The third kappa shape index (κ3) is 3.50. The van der Waals surface area contributed by atoms with Crippen LogP contribution in [0.5, 0.6) is 0 Å². The van der Waals surface area contributed by atoms with Crippen molar-refractivity contribution in [2.75, 3.05) is 0 Å². The van der Waals surface area contributed by atoms with Gasteiger partial charge in [0.05, 0.1) is 11.0 Å². The number of aryl methyl sites for hydroxylation is 2. The Labute approximate surface area is 155 Å². The average molecular weight is 340 g/mol. The number of aromatic nitrogens is 2. The minimum Gasteiger partial charge on any atom is -0.254 e. The fourth-order valence-electron chi connectivity index (χ4n) is 3.33. The second-order valence-corrected chi connectivity index (χ2v) is 6.51. The standard InChI is InChI=1S/C24H24N2/c1-5-7-9-11-19-20(12-10-8-6-2)22-14-18(4)16-26-24(22)23-21(19)13-17(3)15-25-23/h5-10,13-16H,1-2,11-12H2,3-4H3/b9-7+,10-8+. The van der Waals surface area contributed by atoms with E-state index in [1.807, 2.05) is 36.7 Å². The molecule has 0 radical (unpaired) electrons. The fraction of sp³-hybridized carbons (Fsp3) is 0.167. The van der Waals surface area contributed by atoms with Crippen molar-refractivity contribution in [1.29, 1.82) is 0 Å². The van der Waals surface area contributed by atoms with E-state index in [1.165, 1.54) is 21.9 Å². The van der Waals surface area contributed by atoms with Crippen LogP contribution in [-0.2, 0) is 12.8 Å². The molecule has 3 rings (SSSR count). The highest BCUT2D eigenvalue weighted by molar-refractivity contribution is 6.07. The number of benzene rings is 1. The van der Waals surface area contributed by atoms with Crippen LogP contribution in [0.3, 0.4) is 0 Å². The molecule has 26 heavy (non-hydrogen) atoms. The Morgan fingerprint density at radius 2 is 1.19 bits per heavy atom. The summed E-state index contributed by atoms with van der Waals surface area (Å²) in [6, 6.07) is 4.45. The molecule has 2 heteroatoms. The smallest absolute Gasteiger partial charge is 0.0967 e. The summed E-state index contributed by atoms with van der Waals surface area (Å²) in [6.07, 6.45) is 17.5. The van der Waals surface area contributed by atoms with E-state index < -0.39 is 0 Å². The molecule has 2 heterocycles. The molecule has 0 N–H and O–H groups in total. The van der Waals surface area contributed by atoms with Gasteiger partial charge in [0, 0.05) is 23.2 Å². The van der Waals surface area contributed by atoms with Crippen LogP contribution in [0.15, 0.2) is 74.1 Å². The zero-order valence-corrected chi connectivity index (χ0v) is 15.5. The normalized spacial score (nSPS) is 11.8. The summed E-state index contributed by atoms with van der Waals surface area (Å²) >= 11 is 0. The van der Waals surface area contributed by atoms with Gasteiger partial charge in [-0.05, 0) is 61.1 Å². The summed E-state index contributed by atoms with van der Waals surface area (Å²) in [6.45, 7) is 11.7. The van der Waals surface area contributed by atoms with Crippen molar-refractivity contribution >= 4 is 21.8 Å². The quantitative estimate of drug-likeness (QED) is 0.408. The minimum atomic E-state index is 0.842. The number of nitrogens with zero attached hydrogens (tertiary/aromatic N) is 2. The monoisotopic (exact) mass is 340 g/mol. The largest absolute Gasteiger partial charge is 0.254 e. The van der Waals surface area contributed by atoms with Gasteiger partial charge in [-0.25, -0.2) is 0 Å². The zero-order valence-electron chi connectivity index (χ0n) is 15.5. The summed E-state index contributed by atoms with van der Waals surface area (Å²) in [7, 11) is 0. The van der Waals surface area contributed by atoms with E-state index in [1.54, 1.807) is 0 Å². The van der Waals surface area contributed by atoms with Crippen LogP contribution in [0.4, 0.5) is 0 Å². The highest BCUT2D eigenvalue weighted by Gasteiger charge is 2.15. The first-order valence-electron chi connectivity index (χ1n) is 8.87. The van der Waals surface area contributed by atoms with E-state index in [4.69, 9.17) is 9.97 Å². The van der Waals surface area contributed by atoms with Crippen molar-refractivity contribution in [3.8, 4) is 0 Å². The van der Waals surface area contributed by atoms with Crippen molar-refractivity contribution in [3.63, 3.8) is 0 Å². The second kappa shape index (κ2) is 7.92. The highest BCUT2D eigenvalue weighted by Crippen LogP contribution is 2.33. The maximum atomic E-state index is 4.72.